The third-order valence-corrected chi connectivity index (χ3v) is 7.78. The Bertz CT molecular complexity index is 1370. The number of rotatable bonds is 9. The van der Waals surface area contributed by atoms with Gasteiger partial charge in [-0.3, -0.25) is 19.3 Å². The first-order valence-electron chi connectivity index (χ1n) is 12.7. The maximum Gasteiger partial charge on any atom is 0.273 e. The third kappa shape index (κ3) is 5.83. The predicted octanol–water partition coefficient (Wildman–Crippen LogP) is 3.99. The molecule has 206 valence electrons. The minimum atomic E-state index is -1.10. The number of aromatic nitrogens is 1. The summed E-state index contributed by atoms with van der Waals surface area (Å²) in [7, 11) is 3.03. The minimum Gasteiger partial charge on any atom is -0.493 e. The van der Waals surface area contributed by atoms with Crippen molar-refractivity contribution in [3.63, 3.8) is 0 Å². The quantitative estimate of drug-likeness (QED) is 0.364. The number of hydrogen-bond donors (Lipinski definition) is 3. The van der Waals surface area contributed by atoms with Crippen molar-refractivity contribution in [1.29, 1.82) is 0 Å². The van der Waals surface area contributed by atoms with E-state index in [0.717, 1.165) is 49.2 Å². The van der Waals surface area contributed by atoms with E-state index in [4.69, 9.17) is 20.9 Å². The zero-order chi connectivity index (χ0) is 28.1. The van der Waals surface area contributed by atoms with E-state index < -0.39 is 17.9 Å². The molecule has 1 aliphatic rings. The molecule has 1 aliphatic carbocycles. The van der Waals surface area contributed by atoms with Crippen molar-refractivity contribution < 1.29 is 23.9 Å². The van der Waals surface area contributed by atoms with Gasteiger partial charge >= 0.3 is 0 Å². The first-order chi connectivity index (χ1) is 18.8. The lowest BCUT2D eigenvalue weighted by atomic mass is 9.94. The molecule has 0 spiro atoms. The summed E-state index contributed by atoms with van der Waals surface area (Å²) in [5.74, 6) is -0.860. The van der Waals surface area contributed by atoms with Gasteiger partial charge in [0, 0.05) is 11.7 Å². The van der Waals surface area contributed by atoms with Crippen molar-refractivity contribution in [2.24, 2.45) is 5.73 Å². The SMILES string of the molecule is COc1ccc([C@H](C(=O)NC2CCCCC2)N(C(=O)c2snc(C(N)=O)c2N)c2ccccc2C)cc1OC. The molecule has 0 saturated heterocycles. The van der Waals surface area contributed by atoms with Crippen LogP contribution in [0.25, 0.3) is 0 Å². The molecule has 4 rings (SSSR count). The second kappa shape index (κ2) is 12.2. The zero-order valence-electron chi connectivity index (χ0n) is 22.2. The Morgan fingerprint density at radius 3 is 2.36 bits per heavy atom. The van der Waals surface area contributed by atoms with Crippen LogP contribution in [-0.2, 0) is 4.79 Å². The lowest BCUT2D eigenvalue weighted by Gasteiger charge is -2.34. The molecule has 2 aromatic carbocycles. The number of carbonyl (C=O) groups excluding carboxylic acids is 3. The maximum atomic E-state index is 14.3. The van der Waals surface area contributed by atoms with E-state index in [9.17, 15) is 14.4 Å². The number of anilines is 2. The van der Waals surface area contributed by atoms with Gasteiger partial charge in [-0.15, -0.1) is 0 Å². The van der Waals surface area contributed by atoms with E-state index in [1.165, 1.54) is 19.1 Å². The lowest BCUT2D eigenvalue weighted by Crippen LogP contribution is -2.47. The van der Waals surface area contributed by atoms with E-state index in [-0.39, 0.29) is 28.2 Å². The van der Waals surface area contributed by atoms with Crippen LogP contribution < -0.4 is 31.2 Å². The molecule has 11 heteroatoms. The zero-order valence-corrected chi connectivity index (χ0v) is 23.0. The molecule has 3 aromatic rings. The van der Waals surface area contributed by atoms with Crippen LogP contribution in [0.3, 0.4) is 0 Å². The van der Waals surface area contributed by atoms with Crippen molar-refractivity contribution in [1.82, 2.24) is 9.69 Å². The van der Waals surface area contributed by atoms with Crippen molar-refractivity contribution in [2.75, 3.05) is 24.9 Å². The summed E-state index contributed by atoms with van der Waals surface area (Å²) >= 11 is 0.772. The third-order valence-electron chi connectivity index (χ3n) is 6.93. The molecule has 0 aliphatic heterocycles. The highest BCUT2D eigenvalue weighted by atomic mass is 32.1. The van der Waals surface area contributed by atoms with Crippen LogP contribution in [0.1, 0.15) is 69.4 Å². The van der Waals surface area contributed by atoms with Crippen LogP contribution in [0, 0.1) is 6.92 Å². The van der Waals surface area contributed by atoms with E-state index in [1.54, 1.807) is 30.3 Å². The topological polar surface area (TPSA) is 150 Å². The van der Waals surface area contributed by atoms with Crippen LogP contribution in [0.5, 0.6) is 11.5 Å². The van der Waals surface area contributed by atoms with Crippen molar-refractivity contribution in [3.05, 3.63) is 64.2 Å². The fourth-order valence-electron chi connectivity index (χ4n) is 4.91. The van der Waals surface area contributed by atoms with E-state index in [0.29, 0.717) is 22.7 Å². The molecule has 0 unspecified atom stereocenters. The average Bonchev–Trinajstić information content (AvgIpc) is 3.33. The van der Waals surface area contributed by atoms with E-state index >= 15 is 0 Å². The molecule has 1 fully saturated rings. The molecule has 1 saturated carbocycles. The number of nitrogen functional groups attached to an aromatic ring is 1. The Labute approximate surface area is 231 Å². The molecule has 3 amide bonds. The highest BCUT2D eigenvalue weighted by Crippen LogP contribution is 2.38. The van der Waals surface area contributed by atoms with Gasteiger partial charge in [0.2, 0.25) is 5.91 Å². The fraction of sp³-hybridized carbons (Fsp3) is 0.357. The van der Waals surface area contributed by atoms with E-state index in [2.05, 4.69) is 9.69 Å². The van der Waals surface area contributed by atoms with Gasteiger partial charge in [0.05, 0.1) is 19.9 Å². The standard InChI is InChI=1S/C28H33N5O5S/c1-16-9-7-8-12-19(16)33(28(36)25-22(29)23(26(30)34)32-39-25)24(27(35)31-18-10-5-4-6-11-18)17-13-14-20(37-2)21(15-17)38-3/h7-9,12-15,18,24H,4-6,10-11,29H2,1-3H3,(H2,30,34)(H,31,35)/t24-/m1/s1. The number of nitrogens with one attached hydrogen (secondary N) is 1. The number of methoxy groups -OCH3 is 2. The maximum absolute atomic E-state index is 14.3. The van der Waals surface area contributed by atoms with Crippen molar-refractivity contribution in [3.8, 4) is 11.5 Å². The predicted molar refractivity (Wildman–Crippen MR) is 150 cm³/mol. The van der Waals surface area contributed by atoms with Crippen LogP contribution in [0.2, 0.25) is 0 Å². The number of amides is 3. The molecule has 5 N–H and O–H groups in total. The van der Waals surface area contributed by atoms with Crippen LogP contribution in [-0.4, -0.2) is 42.4 Å². The van der Waals surface area contributed by atoms with Crippen LogP contribution in [0.4, 0.5) is 11.4 Å². The van der Waals surface area contributed by atoms with Gasteiger partial charge in [0.15, 0.2) is 17.2 Å². The second-order valence-electron chi connectivity index (χ2n) is 9.46. The number of aryl methyl sites for hydroxylation is 1. The first-order valence-corrected chi connectivity index (χ1v) is 13.5. The summed E-state index contributed by atoms with van der Waals surface area (Å²) in [5.41, 5.74) is 13.1. The number of nitrogens with zero attached hydrogens (tertiary/aromatic N) is 2. The normalized spacial score (nSPS) is 14.3. The number of primary amides is 1. The molecule has 0 radical (unpaired) electrons. The second-order valence-corrected chi connectivity index (χ2v) is 10.2. The molecule has 39 heavy (non-hydrogen) atoms. The number of nitrogens with two attached hydrogens (primary N) is 2. The first kappa shape index (κ1) is 27.9. The Balaban J connectivity index is 1.90. The van der Waals surface area contributed by atoms with Gasteiger partial charge in [0.25, 0.3) is 11.8 Å². The summed E-state index contributed by atoms with van der Waals surface area (Å²) < 4.78 is 14.9. The summed E-state index contributed by atoms with van der Waals surface area (Å²) in [6.07, 6.45) is 4.92. The Kier molecular flexibility index (Phi) is 8.70. The molecule has 1 aromatic heterocycles. The lowest BCUT2D eigenvalue weighted by molar-refractivity contribution is -0.123. The van der Waals surface area contributed by atoms with Gasteiger partial charge < -0.3 is 26.3 Å². The van der Waals surface area contributed by atoms with E-state index in [1.807, 2.05) is 19.1 Å². The molecular weight excluding hydrogens is 518 g/mol. The Morgan fingerprint density at radius 1 is 1.05 bits per heavy atom. The average molecular weight is 552 g/mol. The van der Waals surface area contributed by atoms with Gasteiger partial charge in [0.1, 0.15) is 10.9 Å². The summed E-state index contributed by atoms with van der Waals surface area (Å²) in [6, 6.07) is 11.3. The van der Waals surface area contributed by atoms with Gasteiger partial charge in [-0.1, -0.05) is 43.5 Å². The Morgan fingerprint density at radius 2 is 1.74 bits per heavy atom. The molecule has 1 heterocycles. The number of ether oxygens (including phenoxy) is 2. The number of carbonyl (C=O) groups is 3. The molecular formula is C28H33N5O5S. The van der Waals surface area contributed by atoms with Gasteiger partial charge in [-0.25, -0.2) is 0 Å². The number of benzene rings is 2. The molecule has 10 nitrogen and oxygen atoms in total. The summed E-state index contributed by atoms with van der Waals surface area (Å²) in [6.45, 7) is 1.85. The monoisotopic (exact) mass is 551 g/mol. The number of hydrogen-bond acceptors (Lipinski definition) is 8. The fourth-order valence-corrected chi connectivity index (χ4v) is 5.65. The van der Waals surface area contributed by atoms with Gasteiger partial charge in [-0.05, 0) is 60.6 Å². The highest BCUT2D eigenvalue weighted by molar-refractivity contribution is 7.09. The number of para-hydroxylation sites is 1. The van der Waals surface area contributed by atoms with Crippen LogP contribution in [0.15, 0.2) is 42.5 Å². The molecule has 0 bridgehead atoms. The van der Waals surface area contributed by atoms with Crippen molar-refractivity contribution in [2.45, 2.75) is 51.1 Å². The summed E-state index contributed by atoms with van der Waals surface area (Å²) in [5, 5.41) is 3.18. The minimum absolute atomic E-state index is 0.00217. The van der Waals surface area contributed by atoms with Crippen molar-refractivity contribution >= 4 is 40.6 Å². The smallest absolute Gasteiger partial charge is 0.273 e. The molecule has 1 atom stereocenters. The summed E-state index contributed by atoms with van der Waals surface area (Å²) in [4.78, 5) is 41.7. The highest BCUT2D eigenvalue weighted by Gasteiger charge is 2.37. The Hall–Kier alpha value is -4.12. The van der Waals surface area contributed by atoms with Gasteiger partial charge in [-0.2, -0.15) is 4.37 Å². The van der Waals surface area contributed by atoms with Crippen LogP contribution >= 0.6 is 11.5 Å². The largest absolute Gasteiger partial charge is 0.493 e.